The molecule has 26 heavy (non-hydrogen) atoms. The second-order valence-electron chi connectivity index (χ2n) is 6.55. The predicted molar refractivity (Wildman–Crippen MR) is 102 cm³/mol. The third kappa shape index (κ3) is 3.99. The largest absolute Gasteiger partial charge is 0.478 e. The maximum atomic E-state index is 12.1. The molecule has 1 aliphatic rings. The van der Waals surface area contributed by atoms with Gasteiger partial charge >= 0.3 is 5.97 Å². The van der Waals surface area contributed by atoms with Crippen molar-refractivity contribution in [3.63, 3.8) is 0 Å². The van der Waals surface area contributed by atoms with Crippen LogP contribution in [0, 0.1) is 0 Å². The number of hydrogen-bond acceptors (Lipinski definition) is 3. The van der Waals surface area contributed by atoms with E-state index < -0.39 is 17.8 Å². The van der Waals surface area contributed by atoms with Gasteiger partial charge in [0.15, 0.2) is 0 Å². The number of carbonyl (C=O) groups is 2. The lowest BCUT2D eigenvalue weighted by molar-refractivity contribution is -0.119. The molecule has 136 valence electrons. The number of halogens is 1. The minimum atomic E-state index is -1.00. The van der Waals surface area contributed by atoms with Crippen molar-refractivity contribution in [2.24, 2.45) is 5.73 Å². The minimum absolute atomic E-state index is 0.178. The molecule has 2 aromatic carbocycles. The molecule has 0 radical (unpaired) electrons. The van der Waals surface area contributed by atoms with E-state index >= 15 is 0 Å². The Labute approximate surface area is 157 Å². The molecule has 1 amide bonds. The first-order chi connectivity index (χ1) is 12.5. The molecule has 1 fully saturated rings. The van der Waals surface area contributed by atoms with Crippen LogP contribution in [0.2, 0.25) is 5.02 Å². The quantitative estimate of drug-likeness (QED) is 0.813. The van der Waals surface area contributed by atoms with Crippen LogP contribution < -0.4 is 10.6 Å². The zero-order valence-electron chi connectivity index (χ0n) is 14.3. The van der Waals surface area contributed by atoms with Gasteiger partial charge in [-0.05, 0) is 60.7 Å². The number of anilines is 1. The van der Waals surface area contributed by atoms with Crippen LogP contribution in [0.15, 0.2) is 42.5 Å². The highest BCUT2D eigenvalue weighted by molar-refractivity contribution is 6.30. The normalized spacial score (nSPS) is 15.0. The molecule has 2 aromatic rings. The molecule has 0 aliphatic carbocycles. The van der Waals surface area contributed by atoms with Crippen LogP contribution in [0.1, 0.15) is 40.2 Å². The van der Waals surface area contributed by atoms with Crippen molar-refractivity contribution in [3.05, 3.63) is 64.2 Å². The molecule has 0 saturated carbocycles. The van der Waals surface area contributed by atoms with Crippen molar-refractivity contribution in [2.75, 3.05) is 18.0 Å². The summed E-state index contributed by atoms with van der Waals surface area (Å²) in [4.78, 5) is 25.4. The van der Waals surface area contributed by atoms with E-state index in [1.54, 1.807) is 12.1 Å². The van der Waals surface area contributed by atoms with Gasteiger partial charge in [0.25, 0.3) is 0 Å². The Kier molecular flexibility index (Phi) is 5.47. The first-order valence-corrected chi connectivity index (χ1v) is 8.99. The lowest BCUT2D eigenvalue weighted by atomic mass is 9.90. The van der Waals surface area contributed by atoms with E-state index in [0.29, 0.717) is 17.0 Å². The molecular weight excluding hydrogens is 352 g/mol. The number of nitrogens with zero attached hydrogens (tertiary/aromatic N) is 1. The Hall–Kier alpha value is -2.53. The highest BCUT2D eigenvalue weighted by Crippen LogP contribution is 2.32. The molecule has 1 unspecified atom stereocenters. The van der Waals surface area contributed by atoms with Crippen molar-refractivity contribution >= 4 is 29.2 Å². The number of nitrogens with two attached hydrogens (primary N) is 1. The van der Waals surface area contributed by atoms with E-state index in [4.69, 9.17) is 22.4 Å². The number of amides is 1. The Morgan fingerprint density at radius 2 is 1.77 bits per heavy atom. The standard InChI is InChI=1S/C20H21ClN2O3/c21-16-7-8-18(23-9-1-2-10-23)15(11-16)12-17(19(22)24)13-3-5-14(6-4-13)20(25)26/h3-8,11,17H,1-2,9-10,12H2,(H2,22,24)(H,25,26). The second kappa shape index (κ2) is 7.79. The summed E-state index contributed by atoms with van der Waals surface area (Å²) in [6.07, 6.45) is 2.73. The first-order valence-electron chi connectivity index (χ1n) is 8.61. The van der Waals surface area contributed by atoms with Gasteiger partial charge in [-0.25, -0.2) is 4.79 Å². The molecule has 6 heteroatoms. The Morgan fingerprint density at radius 1 is 1.12 bits per heavy atom. The fourth-order valence-electron chi connectivity index (χ4n) is 3.44. The summed E-state index contributed by atoms with van der Waals surface area (Å²) in [5.74, 6) is -1.99. The monoisotopic (exact) mass is 372 g/mol. The van der Waals surface area contributed by atoms with E-state index in [0.717, 1.165) is 37.2 Å². The first kappa shape index (κ1) is 18.3. The van der Waals surface area contributed by atoms with Crippen molar-refractivity contribution in [1.82, 2.24) is 0 Å². The summed E-state index contributed by atoms with van der Waals surface area (Å²) in [7, 11) is 0. The third-order valence-corrected chi connectivity index (χ3v) is 5.05. The molecule has 0 aromatic heterocycles. The summed E-state index contributed by atoms with van der Waals surface area (Å²) < 4.78 is 0. The fraction of sp³-hybridized carbons (Fsp3) is 0.300. The van der Waals surface area contributed by atoms with Gasteiger partial charge < -0.3 is 15.7 Å². The van der Waals surface area contributed by atoms with Crippen molar-refractivity contribution in [3.8, 4) is 0 Å². The van der Waals surface area contributed by atoms with Gasteiger partial charge in [-0.3, -0.25) is 4.79 Å². The van der Waals surface area contributed by atoms with E-state index in [1.165, 1.54) is 12.1 Å². The number of rotatable bonds is 6. The smallest absolute Gasteiger partial charge is 0.335 e. The van der Waals surface area contributed by atoms with E-state index in [1.807, 2.05) is 18.2 Å². The van der Waals surface area contributed by atoms with Crippen LogP contribution in [0.25, 0.3) is 0 Å². The average Bonchev–Trinajstić information content (AvgIpc) is 3.14. The zero-order chi connectivity index (χ0) is 18.7. The minimum Gasteiger partial charge on any atom is -0.478 e. The number of carboxylic acids is 1. The second-order valence-corrected chi connectivity index (χ2v) is 6.99. The van der Waals surface area contributed by atoms with Crippen LogP contribution in [0.5, 0.6) is 0 Å². The van der Waals surface area contributed by atoms with Gasteiger partial charge in [-0.15, -0.1) is 0 Å². The van der Waals surface area contributed by atoms with Crippen LogP contribution in [-0.2, 0) is 11.2 Å². The Morgan fingerprint density at radius 3 is 2.35 bits per heavy atom. The van der Waals surface area contributed by atoms with E-state index in [2.05, 4.69) is 4.90 Å². The molecule has 0 bridgehead atoms. The maximum Gasteiger partial charge on any atom is 0.335 e. The van der Waals surface area contributed by atoms with Gasteiger partial charge in [0.05, 0.1) is 11.5 Å². The summed E-state index contributed by atoms with van der Waals surface area (Å²) in [5, 5.41) is 9.65. The number of carboxylic acid groups (broad SMARTS) is 1. The number of aromatic carboxylic acids is 1. The molecule has 1 atom stereocenters. The Balaban J connectivity index is 1.92. The molecule has 5 nitrogen and oxygen atoms in total. The average molecular weight is 373 g/mol. The topological polar surface area (TPSA) is 83.6 Å². The molecule has 1 saturated heterocycles. The van der Waals surface area contributed by atoms with Gasteiger partial charge in [0, 0.05) is 23.8 Å². The maximum absolute atomic E-state index is 12.1. The predicted octanol–water partition coefficient (Wildman–Crippen LogP) is 3.45. The van der Waals surface area contributed by atoms with Crippen LogP contribution in [-0.4, -0.2) is 30.1 Å². The summed E-state index contributed by atoms with van der Waals surface area (Å²) >= 11 is 6.19. The molecule has 0 spiro atoms. The lowest BCUT2D eigenvalue weighted by Crippen LogP contribution is -2.25. The number of primary amides is 1. The van der Waals surface area contributed by atoms with Gasteiger partial charge in [-0.1, -0.05) is 23.7 Å². The number of carbonyl (C=O) groups excluding carboxylic acids is 1. The SMILES string of the molecule is NC(=O)C(Cc1cc(Cl)ccc1N1CCCC1)c1ccc(C(=O)O)cc1. The summed E-state index contributed by atoms with van der Waals surface area (Å²) in [6.45, 7) is 1.98. The van der Waals surface area contributed by atoms with Gasteiger partial charge in [-0.2, -0.15) is 0 Å². The summed E-state index contributed by atoms with van der Waals surface area (Å²) in [6, 6.07) is 12.0. The molecule has 3 N–H and O–H groups in total. The zero-order valence-corrected chi connectivity index (χ0v) is 15.1. The third-order valence-electron chi connectivity index (χ3n) is 4.82. The highest BCUT2D eigenvalue weighted by Gasteiger charge is 2.23. The van der Waals surface area contributed by atoms with Crippen LogP contribution >= 0.6 is 11.6 Å². The van der Waals surface area contributed by atoms with Crippen molar-refractivity contribution in [1.29, 1.82) is 0 Å². The number of benzene rings is 2. The van der Waals surface area contributed by atoms with Crippen LogP contribution in [0.3, 0.4) is 0 Å². The van der Waals surface area contributed by atoms with Crippen molar-refractivity contribution < 1.29 is 14.7 Å². The van der Waals surface area contributed by atoms with Crippen LogP contribution in [0.4, 0.5) is 5.69 Å². The van der Waals surface area contributed by atoms with Crippen molar-refractivity contribution in [2.45, 2.75) is 25.2 Å². The molecule has 1 aliphatic heterocycles. The highest BCUT2D eigenvalue weighted by atomic mass is 35.5. The fourth-order valence-corrected chi connectivity index (χ4v) is 3.64. The number of hydrogen-bond donors (Lipinski definition) is 2. The van der Waals surface area contributed by atoms with E-state index in [9.17, 15) is 9.59 Å². The van der Waals surface area contributed by atoms with Gasteiger partial charge in [0.1, 0.15) is 0 Å². The Bertz CT molecular complexity index is 814. The molecule has 1 heterocycles. The summed E-state index contributed by atoms with van der Waals surface area (Å²) in [5.41, 5.74) is 8.60. The lowest BCUT2D eigenvalue weighted by Gasteiger charge is -2.23. The molecular formula is C20H21ClN2O3. The molecule has 3 rings (SSSR count). The van der Waals surface area contributed by atoms with Gasteiger partial charge in [0.2, 0.25) is 5.91 Å². The van der Waals surface area contributed by atoms with E-state index in [-0.39, 0.29) is 5.56 Å².